The molecule has 1 fully saturated rings. The number of nitrogens with zero attached hydrogens (tertiary/aromatic N) is 1. The van der Waals surface area contributed by atoms with Crippen LogP contribution in [0.25, 0.3) is 0 Å². The Morgan fingerprint density at radius 2 is 2.17 bits per heavy atom. The number of hydrogen-bond donors (Lipinski definition) is 2. The highest BCUT2D eigenvalue weighted by Gasteiger charge is 2.20. The maximum Gasteiger partial charge on any atom is 0.224 e. The van der Waals surface area contributed by atoms with Crippen molar-refractivity contribution in [1.82, 2.24) is 15.5 Å². The molecule has 0 aromatic heterocycles. The van der Waals surface area contributed by atoms with Crippen LogP contribution in [-0.4, -0.2) is 50.1 Å². The van der Waals surface area contributed by atoms with Gasteiger partial charge < -0.3 is 15.5 Å². The monoisotopic (exact) mass is 255 g/mol. The number of nitrogens with one attached hydrogen (secondary N) is 2. The normalized spacial score (nSPS) is 24.6. The Hall–Kier alpha value is -0.610. The minimum atomic E-state index is 0.0396. The first-order valence-corrected chi connectivity index (χ1v) is 7.20. The molecule has 4 heteroatoms. The fourth-order valence-electron chi connectivity index (χ4n) is 2.67. The summed E-state index contributed by atoms with van der Waals surface area (Å²) in [6.07, 6.45) is 2.63. The zero-order chi connectivity index (χ0) is 13.5. The van der Waals surface area contributed by atoms with Crippen molar-refractivity contribution in [3.8, 4) is 0 Å². The summed E-state index contributed by atoms with van der Waals surface area (Å²) < 4.78 is 0. The first-order valence-electron chi connectivity index (χ1n) is 7.20. The van der Waals surface area contributed by atoms with E-state index in [9.17, 15) is 4.79 Å². The predicted octanol–water partition coefficient (Wildman–Crippen LogP) is 1.08. The molecule has 3 unspecified atom stereocenters. The van der Waals surface area contributed by atoms with Crippen LogP contribution in [0, 0.1) is 11.8 Å². The summed E-state index contributed by atoms with van der Waals surface area (Å²) in [5.74, 6) is 0.990. The topological polar surface area (TPSA) is 44.4 Å². The highest BCUT2D eigenvalue weighted by Crippen LogP contribution is 2.15. The number of likely N-dealkylation sites (tertiary alicyclic amines) is 1. The molecule has 0 spiro atoms. The third-order valence-electron chi connectivity index (χ3n) is 3.62. The lowest BCUT2D eigenvalue weighted by Gasteiger charge is -2.33. The molecule has 0 aliphatic carbocycles. The summed E-state index contributed by atoms with van der Waals surface area (Å²) >= 11 is 0. The Bertz CT molecular complexity index is 257. The molecular formula is C14H29N3O. The van der Waals surface area contributed by atoms with Gasteiger partial charge in [-0.3, -0.25) is 4.79 Å². The quantitative estimate of drug-likeness (QED) is 0.746. The molecular weight excluding hydrogens is 226 g/mol. The van der Waals surface area contributed by atoms with E-state index in [-0.39, 0.29) is 17.9 Å². The molecule has 0 radical (unpaired) electrons. The van der Waals surface area contributed by atoms with Gasteiger partial charge in [-0.15, -0.1) is 0 Å². The maximum atomic E-state index is 11.9. The molecule has 1 heterocycles. The number of carbonyl (C=O) groups excluding carboxylic acids is 1. The number of hydrogen-bond acceptors (Lipinski definition) is 3. The summed E-state index contributed by atoms with van der Waals surface area (Å²) in [5, 5.41) is 6.14. The average molecular weight is 255 g/mol. The van der Waals surface area contributed by atoms with E-state index in [1.165, 1.54) is 25.9 Å². The third-order valence-corrected chi connectivity index (χ3v) is 3.62. The van der Waals surface area contributed by atoms with Gasteiger partial charge in [-0.1, -0.05) is 13.8 Å². The molecule has 18 heavy (non-hydrogen) atoms. The van der Waals surface area contributed by atoms with E-state index in [1.807, 2.05) is 14.0 Å². The van der Waals surface area contributed by atoms with Gasteiger partial charge in [-0.05, 0) is 39.3 Å². The van der Waals surface area contributed by atoms with Gasteiger partial charge in [0.1, 0.15) is 0 Å². The van der Waals surface area contributed by atoms with Crippen LogP contribution in [-0.2, 0) is 4.79 Å². The lowest BCUT2D eigenvalue weighted by molar-refractivity contribution is -0.125. The second-order valence-corrected chi connectivity index (χ2v) is 5.88. The molecule has 0 saturated carbocycles. The van der Waals surface area contributed by atoms with E-state index >= 15 is 0 Å². The van der Waals surface area contributed by atoms with Crippen molar-refractivity contribution in [2.45, 2.75) is 39.7 Å². The van der Waals surface area contributed by atoms with Crippen LogP contribution < -0.4 is 10.6 Å². The Labute approximate surface area is 111 Å². The van der Waals surface area contributed by atoms with Crippen LogP contribution in [0.3, 0.4) is 0 Å². The van der Waals surface area contributed by atoms with Crippen molar-refractivity contribution in [2.75, 3.05) is 33.2 Å². The Balaban J connectivity index is 2.27. The van der Waals surface area contributed by atoms with Gasteiger partial charge in [-0.25, -0.2) is 0 Å². The molecule has 1 amide bonds. The van der Waals surface area contributed by atoms with Gasteiger partial charge in [0, 0.05) is 31.6 Å². The van der Waals surface area contributed by atoms with Gasteiger partial charge in [-0.2, -0.15) is 0 Å². The zero-order valence-electron chi connectivity index (χ0n) is 12.3. The first-order chi connectivity index (χ1) is 8.52. The highest BCUT2D eigenvalue weighted by atomic mass is 16.1. The fraction of sp³-hybridized carbons (Fsp3) is 0.929. The second-order valence-electron chi connectivity index (χ2n) is 5.88. The van der Waals surface area contributed by atoms with E-state index in [1.54, 1.807) is 0 Å². The Morgan fingerprint density at radius 3 is 2.78 bits per heavy atom. The van der Waals surface area contributed by atoms with E-state index in [0.717, 1.165) is 19.0 Å². The summed E-state index contributed by atoms with van der Waals surface area (Å²) in [6.45, 7) is 10.4. The van der Waals surface area contributed by atoms with Crippen molar-refractivity contribution >= 4 is 5.91 Å². The molecule has 2 N–H and O–H groups in total. The van der Waals surface area contributed by atoms with Crippen LogP contribution in [0.4, 0.5) is 0 Å². The summed E-state index contributed by atoms with van der Waals surface area (Å²) in [5.41, 5.74) is 0. The third kappa shape index (κ3) is 5.36. The van der Waals surface area contributed by atoms with Gasteiger partial charge in [0.15, 0.2) is 0 Å². The zero-order valence-corrected chi connectivity index (χ0v) is 12.3. The fourth-order valence-corrected chi connectivity index (χ4v) is 2.67. The van der Waals surface area contributed by atoms with E-state index in [4.69, 9.17) is 0 Å². The summed E-state index contributed by atoms with van der Waals surface area (Å²) in [4.78, 5) is 14.4. The lowest BCUT2D eigenvalue weighted by Crippen LogP contribution is -2.47. The molecule has 0 aromatic carbocycles. The van der Waals surface area contributed by atoms with Gasteiger partial charge in [0.25, 0.3) is 0 Å². The van der Waals surface area contributed by atoms with E-state index in [2.05, 4.69) is 29.4 Å². The van der Waals surface area contributed by atoms with E-state index in [0.29, 0.717) is 0 Å². The molecule has 0 aromatic rings. The molecule has 1 saturated heterocycles. The minimum Gasteiger partial charge on any atom is -0.352 e. The van der Waals surface area contributed by atoms with Crippen LogP contribution in [0.2, 0.25) is 0 Å². The Kier molecular flexibility index (Phi) is 6.65. The average Bonchev–Trinajstić information content (AvgIpc) is 2.28. The smallest absolute Gasteiger partial charge is 0.224 e. The largest absolute Gasteiger partial charge is 0.352 e. The van der Waals surface area contributed by atoms with Gasteiger partial charge in [0.2, 0.25) is 5.91 Å². The SMILES string of the molecule is CNCC(C)C(=O)NC(C)CN1CCCC(C)C1. The molecule has 1 rings (SSSR count). The predicted molar refractivity (Wildman–Crippen MR) is 75.5 cm³/mol. The van der Waals surface area contributed by atoms with Crippen molar-refractivity contribution in [2.24, 2.45) is 11.8 Å². The number of rotatable bonds is 6. The summed E-state index contributed by atoms with van der Waals surface area (Å²) in [6, 6.07) is 0.238. The highest BCUT2D eigenvalue weighted by molar-refractivity contribution is 5.78. The number of carbonyl (C=O) groups is 1. The van der Waals surface area contributed by atoms with Crippen LogP contribution in [0.15, 0.2) is 0 Å². The summed E-state index contributed by atoms with van der Waals surface area (Å²) in [7, 11) is 1.88. The van der Waals surface area contributed by atoms with Crippen LogP contribution in [0.1, 0.15) is 33.6 Å². The van der Waals surface area contributed by atoms with Crippen LogP contribution in [0.5, 0.6) is 0 Å². The maximum absolute atomic E-state index is 11.9. The Morgan fingerprint density at radius 1 is 1.44 bits per heavy atom. The molecule has 0 bridgehead atoms. The van der Waals surface area contributed by atoms with E-state index < -0.39 is 0 Å². The molecule has 4 nitrogen and oxygen atoms in total. The number of amides is 1. The van der Waals surface area contributed by atoms with Crippen molar-refractivity contribution in [3.63, 3.8) is 0 Å². The molecule has 106 valence electrons. The standard InChI is InChI=1S/C14H29N3O/c1-11-6-5-7-17(9-11)10-13(3)16-14(18)12(2)8-15-4/h11-13,15H,5-10H2,1-4H3,(H,16,18). The van der Waals surface area contributed by atoms with Gasteiger partial charge in [0.05, 0.1) is 0 Å². The van der Waals surface area contributed by atoms with Crippen molar-refractivity contribution in [3.05, 3.63) is 0 Å². The molecule has 1 aliphatic heterocycles. The second kappa shape index (κ2) is 7.74. The van der Waals surface area contributed by atoms with Crippen molar-refractivity contribution < 1.29 is 4.79 Å². The van der Waals surface area contributed by atoms with Crippen LogP contribution >= 0.6 is 0 Å². The van der Waals surface area contributed by atoms with Crippen molar-refractivity contribution in [1.29, 1.82) is 0 Å². The first kappa shape index (κ1) is 15.4. The minimum absolute atomic E-state index is 0.0396. The lowest BCUT2D eigenvalue weighted by atomic mass is 10.00. The van der Waals surface area contributed by atoms with Gasteiger partial charge >= 0.3 is 0 Å². The molecule has 3 atom stereocenters. The number of piperidine rings is 1. The molecule has 1 aliphatic rings.